The van der Waals surface area contributed by atoms with E-state index < -0.39 is 0 Å². The monoisotopic (exact) mass is 366 g/mol. The van der Waals surface area contributed by atoms with Gasteiger partial charge in [-0.05, 0) is 34.7 Å². The van der Waals surface area contributed by atoms with Gasteiger partial charge in [0.2, 0.25) is 0 Å². The summed E-state index contributed by atoms with van der Waals surface area (Å²) in [6.45, 7) is 8.08. The second-order valence-electron chi connectivity index (χ2n) is 7.60. The zero-order valence-electron chi connectivity index (χ0n) is 16.2. The summed E-state index contributed by atoms with van der Waals surface area (Å²) in [6.07, 6.45) is 1.24. The Labute approximate surface area is 162 Å². The SMILES string of the molecule is CN=C(NCc1ccc2ccccc2c1)N1CCC(CN2CCOCC2)C1. The van der Waals surface area contributed by atoms with Crippen LogP contribution in [0.2, 0.25) is 0 Å². The summed E-state index contributed by atoms with van der Waals surface area (Å²) in [5, 5.41) is 6.14. The quantitative estimate of drug-likeness (QED) is 0.667. The minimum absolute atomic E-state index is 0.724. The Hall–Kier alpha value is -2.11. The molecule has 0 bridgehead atoms. The van der Waals surface area contributed by atoms with E-state index in [0.717, 1.165) is 57.8 Å². The van der Waals surface area contributed by atoms with E-state index >= 15 is 0 Å². The lowest BCUT2D eigenvalue weighted by atomic mass is 10.1. The number of aliphatic imine (C=N–C) groups is 1. The smallest absolute Gasteiger partial charge is 0.193 e. The van der Waals surface area contributed by atoms with Crippen LogP contribution in [0.15, 0.2) is 47.5 Å². The highest BCUT2D eigenvalue weighted by Crippen LogP contribution is 2.19. The summed E-state index contributed by atoms with van der Waals surface area (Å²) in [6, 6.07) is 15.2. The Balaban J connectivity index is 1.31. The lowest BCUT2D eigenvalue weighted by molar-refractivity contribution is 0.0315. The highest BCUT2D eigenvalue weighted by Gasteiger charge is 2.27. The third-order valence-electron chi connectivity index (χ3n) is 5.68. The first-order valence-corrected chi connectivity index (χ1v) is 10.1. The third kappa shape index (κ3) is 4.60. The van der Waals surface area contributed by atoms with Crippen molar-refractivity contribution in [2.75, 3.05) is 53.0 Å². The van der Waals surface area contributed by atoms with Gasteiger partial charge in [0.25, 0.3) is 0 Å². The van der Waals surface area contributed by atoms with Gasteiger partial charge < -0.3 is 15.0 Å². The number of guanidine groups is 1. The lowest BCUT2D eigenvalue weighted by Crippen LogP contribution is -2.42. The maximum Gasteiger partial charge on any atom is 0.193 e. The van der Waals surface area contributed by atoms with E-state index in [0.29, 0.717) is 0 Å². The summed E-state index contributed by atoms with van der Waals surface area (Å²) in [7, 11) is 1.89. The Morgan fingerprint density at radius 1 is 1.11 bits per heavy atom. The number of fused-ring (bicyclic) bond motifs is 1. The Morgan fingerprint density at radius 3 is 2.74 bits per heavy atom. The minimum Gasteiger partial charge on any atom is -0.379 e. The molecule has 2 fully saturated rings. The number of nitrogens with zero attached hydrogens (tertiary/aromatic N) is 3. The van der Waals surface area contributed by atoms with Crippen LogP contribution in [0, 0.1) is 5.92 Å². The fraction of sp³-hybridized carbons (Fsp3) is 0.500. The molecule has 2 aromatic rings. The maximum absolute atomic E-state index is 5.46. The van der Waals surface area contributed by atoms with Gasteiger partial charge in [-0.2, -0.15) is 0 Å². The Morgan fingerprint density at radius 2 is 1.93 bits per heavy atom. The van der Waals surface area contributed by atoms with E-state index in [9.17, 15) is 0 Å². The maximum atomic E-state index is 5.46. The van der Waals surface area contributed by atoms with Crippen molar-refractivity contribution in [3.63, 3.8) is 0 Å². The van der Waals surface area contributed by atoms with E-state index in [4.69, 9.17) is 4.74 Å². The third-order valence-corrected chi connectivity index (χ3v) is 5.68. The lowest BCUT2D eigenvalue weighted by Gasteiger charge is -2.29. The van der Waals surface area contributed by atoms with Crippen molar-refractivity contribution in [3.8, 4) is 0 Å². The highest BCUT2D eigenvalue weighted by molar-refractivity contribution is 5.83. The zero-order valence-corrected chi connectivity index (χ0v) is 16.2. The molecule has 0 radical (unpaired) electrons. The van der Waals surface area contributed by atoms with Gasteiger partial charge in [-0.3, -0.25) is 9.89 Å². The van der Waals surface area contributed by atoms with Crippen molar-refractivity contribution in [3.05, 3.63) is 48.0 Å². The van der Waals surface area contributed by atoms with Crippen molar-refractivity contribution < 1.29 is 4.74 Å². The first-order chi connectivity index (χ1) is 13.3. The van der Waals surface area contributed by atoms with Crippen LogP contribution in [0.25, 0.3) is 10.8 Å². The molecular formula is C22H30N4O. The molecule has 0 spiro atoms. The minimum atomic E-state index is 0.724. The molecule has 0 aliphatic carbocycles. The van der Waals surface area contributed by atoms with Gasteiger partial charge in [0, 0.05) is 46.3 Å². The molecule has 5 nitrogen and oxygen atoms in total. The van der Waals surface area contributed by atoms with E-state index in [1.165, 1.54) is 29.3 Å². The predicted molar refractivity (Wildman–Crippen MR) is 111 cm³/mol. The molecule has 0 amide bonds. The fourth-order valence-electron chi connectivity index (χ4n) is 4.19. The zero-order chi connectivity index (χ0) is 18.5. The fourth-order valence-corrected chi connectivity index (χ4v) is 4.19. The molecule has 144 valence electrons. The molecule has 1 atom stereocenters. The molecule has 4 rings (SSSR count). The molecule has 2 aromatic carbocycles. The summed E-state index contributed by atoms with van der Waals surface area (Å²) in [4.78, 5) is 9.48. The van der Waals surface area contributed by atoms with E-state index in [2.05, 4.69) is 62.6 Å². The molecule has 1 unspecified atom stereocenters. The van der Waals surface area contributed by atoms with Crippen LogP contribution in [0.4, 0.5) is 0 Å². The van der Waals surface area contributed by atoms with Gasteiger partial charge in [-0.1, -0.05) is 36.4 Å². The van der Waals surface area contributed by atoms with Crippen LogP contribution in [-0.4, -0.2) is 68.7 Å². The van der Waals surface area contributed by atoms with Gasteiger partial charge in [0.1, 0.15) is 0 Å². The van der Waals surface area contributed by atoms with Gasteiger partial charge in [-0.15, -0.1) is 0 Å². The average molecular weight is 367 g/mol. The summed E-state index contributed by atoms with van der Waals surface area (Å²) >= 11 is 0. The number of rotatable bonds is 4. The van der Waals surface area contributed by atoms with Crippen LogP contribution < -0.4 is 5.32 Å². The normalized spacial score (nSPS) is 21.7. The molecule has 5 heteroatoms. The van der Waals surface area contributed by atoms with Crippen molar-refractivity contribution in [2.45, 2.75) is 13.0 Å². The van der Waals surface area contributed by atoms with Crippen molar-refractivity contribution in [2.24, 2.45) is 10.9 Å². The number of ether oxygens (including phenoxy) is 1. The molecular weight excluding hydrogens is 336 g/mol. The first-order valence-electron chi connectivity index (χ1n) is 10.1. The van der Waals surface area contributed by atoms with Crippen molar-refractivity contribution in [1.29, 1.82) is 0 Å². The van der Waals surface area contributed by atoms with Crippen LogP contribution in [0.3, 0.4) is 0 Å². The van der Waals surface area contributed by atoms with Crippen LogP contribution in [0.5, 0.6) is 0 Å². The molecule has 1 N–H and O–H groups in total. The average Bonchev–Trinajstić information content (AvgIpc) is 3.17. The summed E-state index contributed by atoms with van der Waals surface area (Å²) in [5.74, 6) is 1.75. The second kappa shape index (κ2) is 8.72. The Bertz CT molecular complexity index is 785. The van der Waals surface area contributed by atoms with Gasteiger partial charge in [-0.25, -0.2) is 0 Å². The van der Waals surface area contributed by atoms with Crippen molar-refractivity contribution >= 4 is 16.7 Å². The van der Waals surface area contributed by atoms with Gasteiger partial charge in [0.05, 0.1) is 13.2 Å². The van der Waals surface area contributed by atoms with E-state index in [1.54, 1.807) is 0 Å². The molecule has 2 aliphatic rings. The molecule has 2 heterocycles. The molecule has 0 aromatic heterocycles. The summed E-state index contributed by atoms with van der Waals surface area (Å²) in [5.41, 5.74) is 1.29. The van der Waals surface area contributed by atoms with Gasteiger partial charge in [0.15, 0.2) is 5.96 Å². The predicted octanol–water partition coefficient (Wildman–Crippen LogP) is 2.57. The number of benzene rings is 2. The molecule has 0 saturated carbocycles. The number of hydrogen-bond acceptors (Lipinski definition) is 3. The highest BCUT2D eigenvalue weighted by atomic mass is 16.5. The second-order valence-corrected chi connectivity index (χ2v) is 7.60. The number of likely N-dealkylation sites (tertiary alicyclic amines) is 1. The summed E-state index contributed by atoms with van der Waals surface area (Å²) < 4.78 is 5.46. The van der Waals surface area contributed by atoms with Gasteiger partial charge >= 0.3 is 0 Å². The number of nitrogens with one attached hydrogen (secondary N) is 1. The van der Waals surface area contributed by atoms with Crippen LogP contribution >= 0.6 is 0 Å². The Kier molecular flexibility index (Phi) is 5.90. The van der Waals surface area contributed by atoms with Crippen LogP contribution in [0.1, 0.15) is 12.0 Å². The molecule has 27 heavy (non-hydrogen) atoms. The van der Waals surface area contributed by atoms with E-state index in [1.807, 2.05) is 7.05 Å². The molecule has 2 saturated heterocycles. The standard InChI is InChI=1S/C22H30N4O/c1-23-22(24-15-18-6-7-20-4-2-3-5-21(20)14-18)26-9-8-19(17-26)16-25-10-12-27-13-11-25/h2-7,14,19H,8-13,15-17H2,1H3,(H,23,24). The van der Waals surface area contributed by atoms with Crippen LogP contribution in [-0.2, 0) is 11.3 Å². The number of hydrogen-bond donors (Lipinski definition) is 1. The number of morpholine rings is 1. The largest absolute Gasteiger partial charge is 0.379 e. The molecule has 2 aliphatic heterocycles. The van der Waals surface area contributed by atoms with E-state index in [-0.39, 0.29) is 0 Å². The first kappa shape index (κ1) is 18.3. The topological polar surface area (TPSA) is 40.1 Å². The van der Waals surface area contributed by atoms with Crippen molar-refractivity contribution in [1.82, 2.24) is 15.1 Å².